The summed E-state index contributed by atoms with van der Waals surface area (Å²) in [7, 11) is 0. The van der Waals surface area contributed by atoms with Gasteiger partial charge in [0.1, 0.15) is 17.7 Å². The van der Waals surface area contributed by atoms with Crippen LogP contribution in [0.5, 0.6) is 0 Å². The van der Waals surface area contributed by atoms with E-state index in [1.165, 1.54) is 29.3 Å². The number of halogens is 3. The second-order valence-corrected chi connectivity index (χ2v) is 7.92. The molecule has 1 aliphatic rings. The third kappa shape index (κ3) is 4.59. The zero-order valence-corrected chi connectivity index (χ0v) is 17.4. The SMILES string of the molecule is O=C(Nc1cc2cn[nH]c2cc1F)O[C@@H](c1cc(F)cc(Cl)c1)[C@@H]1CCCCN1C(=O)O. The maximum Gasteiger partial charge on any atom is 0.412 e. The Labute approximate surface area is 186 Å². The molecule has 0 radical (unpaired) electrons. The van der Waals surface area contributed by atoms with Crippen molar-refractivity contribution in [2.24, 2.45) is 0 Å². The number of carboxylic acid groups (broad SMARTS) is 1. The monoisotopic (exact) mass is 464 g/mol. The lowest BCUT2D eigenvalue weighted by molar-refractivity contribution is 0.0177. The smallest absolute Gasteiger partial charge is 0.412 e. The van der Waals surface area contributed by atoms with Gasteiger partial charge in [0.25, 0.3) is 0 Å². The predicted octanol–water partition coefficient (Wildman–Crippen LogP) is 5.32. The molecule has 0 aliphatic carbocycles. The Kier molecular flexibility index (Phi) is 6.13. The fourth-order valence-corrected chi connectivity index (χ4v) is 4.16. The van der Waals surface area contributed by atoms with Crippen LogP contribution in [0.1, 0.15) is 30.9 Å². The summed E-state index contributed by atoms with van der Waals surface area (Å²) >= 11 is 5.98. The van der Waals surface area contributed by atoms with E-state index in [1.807, 2.05) is 0 Å². The van der Waals surface area contributed by atoms with Gasteiger partial charge in [0.2, 0.25) is 0 Å². The highest BCUT2D eigenvalue weighted by Gasteiger charge is 2.37. The van der Waals surface area contributed by atoms with Gasteiger partial charge in [-0.25, -0.2) is 18.4 Å². The van der Waals surface area contributed by atoms with Gasteiger partial charge in [-0.15, -0.1) is 0 Å². The van der Waals surface area contributed by atoms with Crippen LogP contribution in [-0.2, 0) is 4.74 Å². The highest BCUT2D eigenvalue weighted by Crippen LogP contribution is 2.34. The number of aromatic nitrogens is 2. The van der Waals surface area contributed by atoms with Crippen molar-refractivity contribution in [1.29, 1.82) is 0 Å². The van der Waals surface area contributed by atoms with E-state index in [9.17, 15) is 23.5 Å². The number of H-pyrrole nitrogens is 1. The van der Waals surface area contributed by atoms with E-state index in [1.54, 1.807) is 0 Å². The van der Waals surface area contributed by atoms with Crippen LogP contribution >= 0.6 is 11.6 Å². The maximum absolute atomic E-state index is 14.4. The first-order chi connectivity index (χ1) is 15.3. The largest absolute Gasteiger partial charge is 0.465 e. The fraction of sp³-hybridized carbons (Fsp3) is 0.286. The number of carbonyl (C=O) groups is 2. The summed E-state index contributed by atoms with van der Waals surface area (Å²) in [6.07, 6.45) is -0.133. The number of likely N-dealkylation sites (tertiary alicyclic amines) is 1. The number of nitrogens with zero attached hydrogens (tertiary/aromatic N) is 2. The van der Waals surface area contributed by atoms with Crippen LogP contribution in [-0.4, -0.2) is 45.0 Å². The lowest BCUT2D eigenvalue weighted by atomic mass is 9.93. The molecule has 2 aromatic carbocycles. The Balaban J connectivity index is 1.63. The first-order valence-electron chi connectivity index (χ1n) is 9.87. The molecule has 3 N–H and O–H groups in total. The summed E-state index contributed by atoms with van der Waals surface area (Å²) in [5, 5.41) is 19.0. The Morgan fingerprint density at radius 3 is 2.81 bits per heavy atom. The van der Waals surface area contributed by atoms with Crippen molar-refractivity contribution < 1.29 is 28.2 Å². The Hall–Kier alpha value is -3.40. The van der Waals surface area contributed by atoms with Crippen LogP contribution < -0.4 is 5.32 Å². The number of piperidine rings is 1. The number of hydrogen-bond acceptors (Lipinski definition) is 4. The average molecular weight is 465 g/mol. The third-order valence-corrected chi connectivity index (χ3v) is 5.57. The maximum atomic E-state index is 14.4. The third-order valence-electron chi connectivity index (χ3n) is 5.36. The zero-order chi connectivity index (χ0) is 22.8. The summed E-state index contributed by atoms with van der Waals surface area (Å²) in [6, 6.07) is 5.44. The lowest BCUT2D eigenvalue weighted by Gasteiger charge is -2.38. The van der Waals surface area contributed by atoms with E-state index in [0.29, 0.717) is 30.2 Å². The molecule has 11 heteroatoms. The Morgan fingerprint density at radius 1 is 1.25 bits per heavy atom. The van der Waals surface area contributed by atoms with Crippen LogP contribution in [0, 0.1) is 11.6 Å². The van der Waals surface area contributed by atoms with E-state index >= 15 is 0 Å². The van der Waals surface area contributed by atoms with E-state index in [0.717, 1.165) is 12.1 Å². The Morgan fingerprint density at radius 2 is 2.06 bits per heavy atom. The summed E-state index contributed by atoms with van der Waals surface area (Å²) in [6.45, 7) is 0.246. The van der Waals surface area contributed by atoms with Crippen molar-refractivity contribution in [3.05, 3.63) is 58.7 Å². The molecule has 0 unspecified atom stereocenters. The molecular weight excluding hydrogens is 446 g/mol. The molecule has 2 atom stereocenters. The van der Waals surface area contributed by atoms with E-state index in [-0.39, 0.29) is 22.8 Å². The molecule has 32 heavy (non-hydrogen) atoms. The molecule has 2 heterocycles. The number of hydrogen-bond donors (Lipinski definition) is 3. The van der Waals surface area contributed by atoms with Gasteiger partial charge in [0.15, 0.2) is 0 Å². The minimum Gasteiger partial charge on any atom is -0.465 e. The van der Waals surface area contributed by atoms with Crippen molar-refractivity contribution in [3.63, 3.8) is 0 Å². The van der Waals surface area contributed by atoms with Crippen molar-refractivity contribution in [3.8, 4) is 0 Å². The molecule has 0 bridgehead atoms. The van der Waals surface area contributed by atoms with Crippen LogP contribution in [0.25, 0.3) is 10.9 Å². The summed E-state index contributed by atoms with van der Waals surface area (Å²) in [5.74, 6) is -1.37. The normalized spacial score (nSPS) is 17.2. The molecule has 1 saturated heterocycles. The van der Waals surface area contributed by atoms with E-state index < -0.39 is 36.0 Å². The molecule has 3 aromatic rings. The number of aromatic amines is 1. The summed E-state index contributed by atoms with van der Waals surface area (Å²) in [4.78, 5) is 25.6. The Bertz CT molecular complexity index is 1150. The molecule has 1 aromatic heterocycles. The number of fused-ring (bicyclic) bond motifs is 1. The minimum atomic E-state index is -1.18. The molecule has 4 rings (SSSR count). The fourth-order valence-electron chi connectivity index (χ4n) is 3.93. The van der Waals surface area contributed by atoms with Crippen molar-refractivity contribution in [1.82, 2.24) is 15.1 Å². The van der Waals surface area contributed by atoms with E-state index in [4.69, 9.17) is 16.3 Å². The molecule has 8 nitrogen and oxygen atoms in total. The van der Waals surface area contributed by atoms with Crippen molar-refractivity contribution in [2.75, 3.05) is 11.9 Å². The number of benzene rings is 2. The number of rotatable bonds is 4. The second kappa shape index (κ2) is 8.99. The number of amides is 2. The van der Waals surface area contributed by atoms with Crippen LogP contribution in [0.4, 0.5) is 24.1 Å². The summed E-state index contributed by atoms with van der Waals surface area (Å²) < 4.78 is 34.0. The molecule has 1 aliphatic heterocycles. The topological polar surface area (TPSA) is 108 Å². The molecule has 0 spiro atoms. The first kappa shape index (κ1) is 21.8. The number of carbonyl (C=O) groups excluding carboxylic acids is 1. The number of nitrogens with one attached hydrogen (secondary N) is 2. The lowest BCUT2D eigenvalue weighted by Crippen LogP contribution is -2.47. The van der Waals surface area contributed by atoms with Gasteiger partial charge in [-0.2, -0.15) is 5.10 Å². The predicted molar refractivity (Wildman–Crippen MR) is 113 cm³/mol. The first-order valence-corrected chi connectivity index (χ1v) is 10.3. The van der Waals surface area contributed by atoms with Gasteiger partial charge in [-0.05, 0) is 49.1 Å². The van der Waals surface area contributed by atoms with Crippen LogP contribution in [0.3, 0.4) is 0 Å². The van der Waals surface area contributed by atoms with Gasteiger partial charge >= 0.3 is 12.2 Å². The molecule has 168 valence electrons. The van der Waals surface area contributed by atoms with Crippen LogP contribution in [0.2, 0.25) is 5.02 Å². The van der Waals surface area contributed by atoms with Crippen molar-refractivity contribution >= 4 is 40.4 Å². The van der Waals surface area contributed by atoms with Crippen molar-refractivity contribution in [2.45, 2.75) is 31.4 Å². The standard InChI is InChI=1S/C21H19ClF2N4O4/c22-13-5-11(6-14(23)8-13)19(18-3-1-2-4-28(18)21(30)31)32-20(29)26-17-7-12-10-25-27-16(12)9-15(17)24/h5-10,18-19H,1-4H2,(H,25,27)(H,26,29)(H,30,31)/t18-,19-/m0/s1. The van der Waals surface area contributed by atoms with Gasteiger partial charge in [0.05, 0.1) is 23.4 Å². The molecular formula is C21H19ClF2N4O4. The molecule has 0 saturated carbocycles. The van der Waals surface area contributed by atoms with Gasteiger partial charge < -0.3 is 14.7 Å². The highest BCUT2D eigenvalue weighted by molar-refractivity contribution is 6.30. The van der Waals surface area contributed by atoms with Crippen LogP contribution in [0.15, 0.2) is 36.5 Å². The molecule has 1 fully saturated rings. The molecule has 2 amide bonds. The zero-order valence-electron chi connectivity index (χ0n) is 16.6. The van der Waals surface area contributed by atoms with E-state index in [2.05, 4.69) is 15.5 Å². The average Bonchev–Trinajstić information content (AvgIpc) is 3.18. The number of ether oxygens (including phenoxy) is 1. The second-order valence-electron chi connectivity index (χ2n) is 7.48. The minimum absolute atomic E-state index is 0.0724. The quantitative estimate of drug-likeness (QED) is 0.484. The summed E-state index contributed by atoms with van der Waals surface area (Å²) in [5.41, 5.74) is 0.515. The van der Waals surface area contributed by atoms with Gasteiger partial charge in [-0.3, -0.25) is 10.4 Å². The number of anilines is 1. The highest BCUT2D eigenvalue weighted by atomic mass is 35.5. The van der Waals surface area contributed by atoms with Gasteiger partial charge in [-0.1, -0.05) is 11.6 Å². The van der Waals surface area contributed by atoms with Gasteiger partial charge in [0, 0.05) is 23.0 Å².